The minimum Gasteiger partial charge on any atom is -0.494 e. The van der Waals surface area contributed by atoms with Crippen LogP contribution < -0.4 is 20.4 Å². The van der Waals surface area contributed by atoms with Gasteiger partial charge < -0.3 is 15.2 Å². The van der Waals surface area contributed by atoms with E-state index in [1.807, 2.05) is 49.4 Å². The fraction of sp³-hybridized carbons (Fsp3) is 0.241. The Morgan fingerprint density at radius 3 is 2.17 bits per heavy atom. The van der Waals surface area contributed by atoms with Crippen molar-refractivity contribution in [3.63, 3.8) is 0 Å². The number of nitrogens with zero attached hydrogens (tertiary/aromatic N) is 2. The molecule has 0 fully saturated rings. The summed E-state index contributed by atoms with van der Waals surface area (Å²) < 4.78 is 25.4. The van der Waals surface area contributed by atoms with E-state index in [0.29, 0.717) is 18.3 Å². The molecule has 1 aromatic heterocycles. The molecule has 7 heteroatoms. The molecule has 0 saturated heterocycles. The molecule has 188 valence electrons. The second-order valence-corrected chi connectivity index (χ2v) is 13.8. The predicted molar refractivity (Wildman–Crippen MR) is 147 cm³/mol. The normalized spacial score (nSPS) is 10.8. The largest absolute Gasteiger partial charge is 0.494 e. The average molecular weight is 504 g/mol. The number of benzene rings is 3. The van der Waals surface area contributed by atoms with Crippen molar-refractivity contribution in [1.29, 1.82) is 0 Å². The maximum atomic E-state index is 14.1. The summed E-state index contributed by atoms with van der Waals surface area (Å²) in [7, 11) is -1.53. The highest BCUT2D eigenvalue weighted by Crippen LogP contribution is 2.26. The van der Waals surface area contributed by atoms with E-state index >= 15 is 0 Å². The zero-order valence-electron chi connectivity index (χ0n) is 21.2. The third-order valence-electron chi connectivity index (χ3n) is 5.77. The lowest BCUT2D eigenvalue weighted by Gasteiger charge is -2.23. The molecule has 0 radical (unpaired) electrons. The maximum Gasteiger partial charge on any atom is 0.219 e. The van der Waals surface area contributed by atoms with Gasteiger partial charge in [0, 0.05) is 12.4 Å². The number of ether oxygens (including phenoxy) is 2. The van der Waals surface area contributed by atoms with E-state index in [0.717, 1.165) is 24.2 Å². The van der Waals surface area contributed by atoms with Gasteiger partial charge in [-0.1, -0.05) is 67.1 Å². The van der Waals surface area contributed by atoms with Crippen LogP contribution in [0.1, 0.15) is 18.9 Å². The number of para-hydroxylation sites is 1. The molecule has 2 N–H and O–H groups in total. The molecule has 36 heavy (non-hydrogen) atoms. The van der Waals surface area contributed by atoms with Gasteiger partial charge in [-0.05, 0) is 61.4 Å². The van der Waals surface area contributed by atoms with Gasteiger partial charge in [0.25, 0.3) is 0 Å². The number of aromatic nitrogens is 2. The minimum absolute atomic E-state index is 0.289. The summed E-state index contributed by atoms with van der Waals surface area (Å²) in [5, 5.41) is 1.44. The molecule has 0 aliphatic rings. The van der Waals surface area contributed by atoms with E-state index in [9.17, 15) is 4.39 Å². The average Bonchev–Trinajstić information content (AvgIpc) is 2.88. The number of hydrogen-bond acceptors (Lipinski definition) is 5. The molecule has 0 aliphatic heterocycles. The number of halogens is 1. The topological polar surface area (TPSA) is 70.3 Å². The van der Waals surface area contributed by atoms with E-state index in [-0.39, 0.29) is 11.6 Å². The Hall–Kier alpha value is -3.71. The van der Waals surface area contributed by atoms with Gasteiger partial charge in [0.05, 0.1) is 14.7 Å². The van der Waals surface area contributed by atoms with Gasteiger partial charge in [-0.3, -0.25) is 0 Å². The minimum atomic E-state index is -1.53. The molecule has 0 amide bonds. The highest BCUT2D eigenvalue weighted by atomic mass is 28.3. The van der Waals surface area contributed by atoms with Crippen LogP contribution in [-0.4, -0.2) is 24.6 Å². The number of hydrogen-bond donors (Lipinski definition) is 1. The van der Waals surface area contributed by atoms with Gasteiger partial charge in [-0.15, -0.1) is 0 Å². The van der Waals surface area contributed by atoms with Gasteiger partial charge in [-0.2, -0.15) is 0 Å². The fourth-order valence-corrected chi connectivity index (χ4v) is 6.17. The molecule has 5 nitrogen and oxygen atoms in total. The summed E-state index contributed by atoms with van der Waals surface area (Å²) >= 11 is 0. The Labute approximate surface area is 214 Å². The molecule has 0 atom stereocenters. The van der Waals surface area contributed by atoms with Crippen molar-refractivity contribution >= 4 is 19.2 Å². The van der Waals surface area contributed by atoms with Gasteiger partial charge in [0.2, 0.25) is 5.95 Å². The fourth-order valence-electron chi connectivity index (χ4n) is 3.76. The van der Waals surface area contributed by atoms with E-state index in [1.165, 1.54) is 17.3 Å². The van der Waals surface area contributed by atoms with E-state index in [2.05, 4.69) is 47.3 Å². The lowest BCUT2D eigenvalue weighted by molar-refractivity contribution is 0.340. The lowest BCUT2D eigenvalue weighted by atomic mass is 10.1. The molecule has 0 bridgehead atoms. The van der Waals surface area contributed by atoms with Crippen molar-refractivity contribution in [2.75, 3.05) is 12.3 Å². The maximum absolute atomic E-state index is 14.1. The van der Waals surface area contributed by atoms with Crippen molar-refractivity contribution in [2.24, 2.45) is 0 Å². The SMILES string of the molecule is CCOc1ccc([Si](C)(C)CCCc2ccc(F)c(Oc3ccccc3)c2)cc1.Nc1ncccn1. The highest BCUT2D eigenvalue weighted by Gasteiger charge is 2.22. The van der Waals surface area contributed by atoms with Crippen LogP contribution in [0.5, 0.6) is 17.2 Å². The smallest absolute Gasteiger partial charge is 0.219 e. The molecular formula is C29H34FN3O2Si. The monoisotopic (exact) mass is 503 g/mol. The van der Waals surface area contributed by atoms with Gasteiger partial charge in [-0.25, -0.2) is 14.4 Å². The summed E-state index contributed by atoms with van der Waals surface area (Å²) in [6, 6.07) is 26.0. The zero-order valence-corrected chi connectivity index (χ0v) is 22.2. The van der Waals surface area contributed by atoms with Crippen LogP contribution in [0.15, 0.2) is 91.3 Å². The third kappa shape index (κ3) is 8.50. The van der Waals surface area contributed by atoms with Crippen molar-refractivity contribution < 1.29 is 13.9 Å². The second kappa shape index (κ2) is 13.4. The number of nitrogen functional groups attached to an aromatic ring is 1. The van der Waals surface area contributed by atoms with Gasteiger partial charge in [0.15, 0.2) is 11.6 Å². The van der Waals surface area contributed by atoms with E-state index < -0.39 is 8.07 Å². The van der Waals surface area contributed by atoms with Crippen LogP contribution in [0, 0.1) is 5.82 Å². The molecule has 0 unspecified atom stereocenters. The first-order valence-electron chi connectivity index (χ1n) is 12.1. The summed E-state index contributed by atoms with van der Waals surface area (Å²) in [6.45, 7) is 7.49. The molecule has 1 heterocycles. The first-order chi connectivity index (χ1) is 17.4. The first-order valence-corrected chi connectivity index (χ1v) is 15.4. The van der Waals surface area contributed by atoms with Crippen LogP contribution in [0.4, 0.5) is 10.3 Å². The van der Waals surface area contributed by atoms with Crippen LogP contribution in [0.2, 0.25) is 19.1 Å². The molecule has 4 rings (SSSR count). The van der Waals surface area contributed by atoms with Crippen molar-refractivity contribution in [2.45, 2.75) is 38.9 Å². The van der Waals surface area contributed by atoms with Crippen molar-refractivity contribution in [3.8, 4) is 17.2 Å². The Kier molecular flexibility index (Phi) is 10.0. The molecule has 4 aromatic rings. The summed E-state index contributed by atoms with van der Waals surface area (Å²) in [4.78, 5) is 7.29. The molecular weight excluding hydrogens is 469 g/mol. The molecule has 0 saturated carbocycles. The predicted octanol–water partition coefficient (Wildman–Crippen LogP) is 6.62. The number of anilines is 1. The van der Waals surface area contributed by atoms with E-state index in [1.54, 1.807) is 18.5 Å². The lowest BCUT2D eigenvalue weighted by Crippen LogP contribution is -2.41. The standard InChI is InChI=1S/C25H29FO2Si.C4H5N3/c1-4-27-21-13-15-23(16-14-21)29(2,3)18-8-9-20-12-17-24(26)25(19-20)28-22-10-6-5-7-11-22;5-4-6-2-1-3-7-4/h5-7,10-17,19H,4,8-9,18H2,1-3H3;1-3H,(H2,5,6,7). The Morgan fingerprint density at radius 1 is 0.861 bits per heavy atom. The van der Waals surface area contributed by atoms with Crippen LogP contribution in [0.3, 0.4) is 0 Å². The van der Waals surface area contributed by atoms with Crippen molar-refractivity contribution in [1.82, 2.24) is 9.97 Å². The molecule has 0 spiro atoms. The van der Waals surface area contributed by atoms with Gasteiger partial charge in [0.1, 0.15) is 11.5 Å². The van der Waals surface area contributed by atoms with Crippen molar-refractivity contribution in [3.05, 3.63) is 103 Å². The highest BCUT2D eigenvalue weighted by molar-refractivity contribution is 6.89. The second-order valence-electron chi connectivity index (χ2n) is 8.98. The number of nitrogens with two attached hydrogens (primary N) is 1. The Bertz CT molecular complexity index is 1190. The summed E-state index contributed by atoms with van der Waals surface area (Å²) in [5.74, 6) is 1.85. The Balaban J connectivity index is 0.000000444. The zero-order chi connectivity index (χ0) is 25.8. The number of aryl methyl sites for hydroxylation is 1. The van der Waals surface area contributed by atoms with Crippen LogP contribution >= 0.6 is 0 Å². The summed E-state index contributed by atoms with van der Waals surface area (Å²) in [5.41, 5.74) is 6.24. The Morgan fingerprint density at radius 2 is 1.56 bits per heavy atom. The van der Waals surface area contributed by atoms with Crippen LogP contribution in [0.25, 0.3) is 0 Å². The quantitative estimate of drug-likeness (QED) is 0.260. The van der Waals surface area contributed by atoms with Gasteiger partial charge >= 0.3 is 0 Å². The third-order valence-corrected chi connectivity index (χ3v) is 9.27. The number of rotatable bonds is 9. The van der Waals surface area contributed by atoms with Crippen LogP contribution in [-0.2, 0) is 6.42 Å². The molecule has 0 aliphatic carbocycles. The molecule has 3 aromatic carbocycles. The van der Waals surface area contributed by atoms with E-state index in [4.69, 9.17) is 15.2 Å². The summed E-state index contributed by atoms with van der Waals surface area (Å²) in [6.07, 6.45) is 5.19. The first kappa shape index (κ1) is 26.9.